The molecule has 2 N–H and O–H groups in total. The number of carbonyl (C=O) groups is 1. The molecule has 1 saturated heterocycles. The van der Waals surface area contributed by atoms with Crippen molar-refractivity contribution >= 4 is 51.4 Å². The number of fused-ring (bicyclic) bond motifs is 1. The van der Waals surface area contributed by atoms with Gasteiger partial charge in [0, 0.05) is 36.1 Å². The lowest BCUT2D eigenvalue weighted by Gasteiger charge is -2.24. The number of likely N-dealkylation sites (N-methyl/N-ethyl adjacent to an activating group) is 1. The number of carbonyl (C=O) groups excluding carboxylic acids is 1. The van der Waals surface area contributed by atoms with Crippen LogP contribution in [0.2, 0.25) is 5.02 Å². The van der Waals surface area contributed by atoms with E-state index in [1.54, 1.807) is 24.4 Å². The predicted octanol–water partition coefficient (Wildman–Crippen LogP) is 4.38. The zero-order chi connectivity index (χ0) is 26.3. The smallest absolute Gasteiger partial charge is 0.395 e. The number of aliphatic imine (C=N–C) groups is 1. The summed E-state index contributed by atoms with van der Waals surface area (Å²) in [5.74, 6) is -0.324. The number of rotatable bonds is 5. The van der Waals surface area contributed by atoms with E-state index >= 15 is 0 Å². The summed E-state index contributed by atoms with van der Waals surface area (Å²) in [6, 6.07) is 9.29. The molecule has 2 aliphatic rings. The molecule has 3 aromatic rings. The first-order valence-electron chi connectivity index (χ1n) is 11.5. The molecule has 37 heavy (non-hydrogen) atoms. The fraction of sp³-hybridized carbons (Fsp3) is 0.320. The van der Waals surface area contributed by atoms with Gasteiger partial charge in [0.15, 0.2) is 5.17 Å². The monoisotopic (exact) mass is 549 g/mol. The Morgan fingerprint density at radius 3 is 2.84 bits per heavy atom. The third-order valence-corrected chi connectivity index (χ3v) is 7.85. The van der Waals surface area contributed by atoms with Crippen LogP contribution in [-0.2, 0) is 17.5 Å². The van der Waals surface area contributed by atoms with Gasteiger partial charge in [0.1, 0.15) is 0 Å². The number of amidine groups is 1. The number of aromatic nitrogens is 2. The number of aliphatic hydroxyl groups is 1. The van der Waals surface area contributed by atoms with Gasteiger partial charge in [0.25, 0.3) is 5.91 Å². The van der Waals surface area contributed by atoms with Crippen LogP contribution in [0.3, 0.4) is 0 Å². The summed E-state index contributed by atoms with van der Waals surface area (Å²) >= 11 is 7.09. The van der Waals surface area contributed by atoms with Crippen LogP contribution >= 0.6 is 23.4 Å². The summed E-state index contributed by atoms with van der Waals surface area (Å²) in [6.07, 6.45) is -0.429. The molecule has 0 bridgehead atoms. The molecule has 0 saturated carbocycles. The molecular weight excluding hydrogens is 527 g/mol. The van der Waals surface area contributed by atoms with E-state index in [1.165, 1.54) is 28.6 Å². The van der Waals surface area contributed by atoms with Crippen LogP contribution in [-0.4, -0.2) is 63.1 Å². The van der Waals surface area contributed by atoms with Crippen LogP contribution in [0.15, 0.2) is 52.5 Å². The van der Waals surface area contributed by atoms with E-state index in [1.807, 2.05) is 18.0 Å². The second kappa shape index (κ2) is 10.1. The zero-order valence-electron chi connectivity index (χ0n) is 19.7. The highest BCUT2D eigenvalue weighted by atomic mass is 35.5. The molecule has 2 atom stereocenters. The summed E-state index contributed by atoms with van der Waals surface area (Å²) in [6.45, 7) is 0.701. The summed E-state index contributed by atoms with van der Waals surface area (Å²) < 4.78 is 42.0. The van der Waals surface area contributed by atoms with Gasteiger partial charge in [-0.1, -0.05) is 23.7 Å². The van der Waals surface area contributed by atoms with Crippen LogP contribution in [0, 0.1) is 0 Å². The van der Waals surface area contributed by atoms with Gasteiger partial charge in [-0.05, 0) is 59.7 Å². The highest BCUT2D eigenvalue weighted by Gasteiger charge is 2.34. The minimum Gasteiger partial charge on any atom is -0.395 e. The second-order valence-corrected chi connectivity index (χ2v) is 10.5. The van der Waals surface area contributed by atoms with Crippen molar-refractivity contribution in [3.8, 4) is 0 Å². The molecule has 0 aliphatic carbocycles. The van der Waals surface area contributed by atoms with Gasteiger partial charge in [-0.15, -0.1) is 0 Å². The third-order valence-electron chi connectivity index (χ3n) is 6.54. The number of hydrogen-bond acceptors (Lipinski definition) is 6. The van der Waals surface area contributed by atoms with Gasteiger partial charge in [0.2, 0.25) is 0 Å². The van der Waals surface area contributed by atoms with E-state index in [9.17, 15) is 23.1 Å². The van der Waals surface area contributed by atoms with Crippen molar-refractivity contribution in [2.75, 3.05) is 20.2 Å². The zero-order valence-corrected chi connectivity index (χ0v) is 21.2. The summed E-state index contributed by atoms with van der Waals surface area (Å²) in [5, 5.41) is 18.2. The van der Waals surface area contributed by atoms with Crippen LogP contribution in [0.25, 0.3) is 17.0 Å². The summed E-state index contributed by atoms with van der Waals surface area (Å²) in [5.41, 5.74) is 0.701. The van der Waals surface area contributed by atoms with E-state index in [0.717, 1.165) is 23.4 Å². The normalized spacial score (nSPS) is 21.3. The molecule has 5 rings (SSSR count). The quantitative estimate of drug-likeness (QED) is 0.460. The van der Waals surface area contributed by atoms with E-state index in [0.29, 0.717) is 22.1 Å². The van der Waals surface area contributed by atoms with Crippen LogP contribution < -0.4 is 5.32 Å². The fourth-order valence-electron chi connectivity index (χ4n) is 4.52. The van der Waals surface area contributed by atoms with Gasteiger partial charge in [-0.2, -0.15) is 23.3 Å². The molecule has 1 unspecified atom stereocenters. The molecule has 0 radical (unpaired) electrons. The Bertz CT molecular complexity index is 1420. The second-order valence-electron chi connectivity index (χ2n) is 9.02. The maximum absolute atomic E-state index is 13.5. The SMILES string of the molecule is CN(C1=NC(=O)C(=Cc2ccc3c(cnn3Cc3ccc(Cl)cc3C(F)(F)F)c2)S1)C1CN[C@H](CO)C1. The standard InChI is InChI=1S/C25H23ClF3N5O2S/c1-33(19-9-18(13-35)30-11-19)24-32-23(36)22(37-24)7-14-2-5-21-16(6-14)10-31-34(21)12-15-3-4-17(26)8-20(15)25(27,28)29/h2-8,10,18-19,30,35H,9,11-13H2,1H3/t18-,19?/m0/s1. The average molecular weight is 550 g/mol. The minimum absolute atomic E-state index is 0.0194. The van der Waals surface area contributed by atoms with Gasteiger partial charge >= 0.3 is 6.18 Å². The van der Waals surface area contributed by atoms with Gasteiger partial charge in [-0.3, -0.25) is 9.48 Å². The molecule has 3 heterocycles. The first kappa shape index (κ1) is 25.8. The molecule has 1 aromatic heterocycles. The van der Waals surface area contributed by atoms with Crippen LogP contribution in [0.1, 0.15) is 23.1 Å². The molecule has 0 spiro atoms. The highest BCUT2D eigenvalue weighted by molar-refractivity contribution is 8.18. The number of hydrogen-bond donors (Lipinski definition) is 2. The van der Waals surface area contributed by atoms with Crippen molar-refractivity contribution in [2.45, 2.75) is 31.2 Å². The maximum atomic E-state index is 13.5. The molecule has 194 valence electrons. The molecule has 1 amide bonds. The maximum Gasteiger partial charge on any atom is 0.416 e. The highest BCUT2D eigenvalue weighted by Crippen LogP contribution is 2.35. The molecule has 1 fully saturated rings. The third kappa shape index (κ3) is 5.40. The van der Waals surface area contributed by atoms with Crippen LogP contribution in [0.5, 0.6) is 0 Å². The number of nitrogens with zero attached hydrogens (tertiary/aromatic N) is 4. The number of benzene rings is 2. The Labute approximate surface area is 220 Å². The fourth-order valence-corrected chi connectivity index (χ4v) is 5.64. The molecule has 2 aliphatic heterocycles. The van der Waals surface area contributed by atoms with E-state index < -0.39 is 11.7 Å². The number of halogens is 4. The topological polar surface area (TPSA) is 82.8 Å². The lowest BCUT2D eigenvalue weighted by molar-refractivity contribution is -0.138. The summed E-state index contributed by atoms with van der Waals surface area (Å²) in [4.78, 5) is 19.2. The van der Waals surface area contributed by atoms with E-state index in [2.05, 4.69) is 15.4 Å². The van der Waals surface area contributed by atoms with Crippen molar-refractivity contribution in [3.05, 3.63) is 69.2 Å². The van der Waals surface area contributed by atoms with Crippen LogP contribution in [0.4, 0.5) is 13.2 Å². The lowest BCUT2D eigenvalue weighted by atomic mass is 10.1. The van der Waals surface area contributed by atoms with Crippen molar-refractivity contribution in [1.29, 1.82) is 0 Å². The van der Waals surface area contributed by atoms with E-state index in [-0.39, 0.29) is 41.7 Å². The first-order chi connectivity index (χ1) is 17.6. The number of aliphatic hydroxyl groups excluding tert-OH is 1. The molecular formula is C25H23ClF3N5O2S. The number of alkyl halides is 3. The largest absolute Gasteiger partial charge is 0.416 e. The Morgan fingerprint density at radius 2 is 2.11 bits per heavy atom. The van der Waals surface area contributed by atoms with E-state index in [4.69, 9.17) is 11.6 Å². The Hall–Kier alpha value is -2.86. The van der Waals surface area contributed by atoms with Gasteiger partial charge < -0.3 is 15.3 Å². The van der Waals surface area contributed by atoms with Crippen molar-refractivity contribution in [1.82, 2.24) is 20.0 Å². The average Bonchev–Trinajstić information content (AvgIpc) is 3.58. The number of amides is 1. The predicted molar refractivity (Wildman–Crippen MR) is 138 cm³/mol. The Balaban J connectivity index is 1.33. The van der Waals surface area contributed by atoms with Gasteiger partial charge in [-0.25, -0.2) is 0 Å². The van der Waals surface area contributed by atoms with Crippen molar-refractivity contribution in [3.63, 3.8) is 0 Å². The number of nitrogens with one attached hydrogen (secondary N) is 1. The molecule has 7 nitrogen and oxygen atoms in total. The lowest BCUT2D eigenvalue weighted by Crippen LogP contribution is -2.36. The summed E-state index contributed by atoms with van der Waals surface area (Å²) in [7, 11) is 1.89. The number of thioether (sulfide) groups is 1. The molecule has 2 aromatic carbocycles. The van der Waals surface area contributed by atoms with Gasteiger partial charge in [0.05, 0.1) is 35.3 Å². The Morgan fingerprint density at radius 1 is 1.30 bits per heavy atom. The van der Waals surface area contributed by atoms with Crippen molar-refractivity contribution < 1.29 is 23.1 Å². The van der Waals surface area contributed by atoms with Crippen molar-refractivity contribution in [2.24, 2.45) is 4.99 Å². The minimum atomic E-state index is -4.53. The molecule has 12 heteroatoms. The first-order valence-corrected chi connectivity index (χ1v) is 12.7. The Kier molecular flexibility index (Phi) is 7.06.